The van der Waals surface area contributed by atoms with Crippen LogP contribution in [0.5, 0.6) is 11.5 Å². The van der Waals surface area contributed by atoms with Crippen LogP contribution in [0.4, 0.5) is 5.69 Å². The van der Waals surface area contributed by atoms with Crippen LogP contribution in [0, 0.1) is 6.92 Å². The van der Waals surface area contributed by atoms with Crippen LogP contribution >= 0.6 is 0 Å². The van der Waals surface area contributed by atoms with Crippen LogP contribution in [0.2, 0.25) is 0 Å². The molecule has 0 fully saturated rings. The van der Waals surface area contributed by atoms with Crippen molar-refractivity contribution in [2.75, 3.05) is 18.1 Å². The molecule has 1 aliphatic rings. The Balaban J connectivity index is 1.83. The lowest BCUT2D eigenvalue weighted by Gasteiger charge is -2.38. The lowest BCUT2D eigenvalue weighted by atomic mass is 10.0. The second-order valence-corrected chi connectivity index (χ2v) is 7.19. The van der Waals surface area contributed by atoms with Crippen molar-refractivity contribution < 1.29 is 19.1 Å². The molecule has 0 atom stereocenters. The largest absolute Gasteiger partial charge is 0.492 e. The fourth-order valence-corrected chi connectivity index (χ4v) is 3.06. The summed E-state index contributed by atoms with van der Waals surface area (Å²) in [6.07, 6.45) is 0.412. The number of anilines is 1. The Morgan fingerprint density at radius 2 is 1.85 bits per heavy atom. The third-order valence-corrected chi connectivity index (χ3v) is 4.62. The predicted octanol–water partition coefficient (Wildman–Crippen LogP) is 4.17. The standard InChI is InChI=1S/C22H25NO4/c1-5-19(24)16-8-11-20-18(14-16)23(21(25)22(3,4)27-20)12-13-26-17-9-6-15(2)7-10-17/h6-11,14H,5,12-13H2,1-4H3. The minimum absolute atomic E-state index is 0.0333. The van der Waals surface area contributed by atoms with Gasteiger partial charge in [0.25, 0.3) is 5.91 Å². The molecule has 0 aliphatic carbocycles. The van der Waals surface area contributed by atoms with Gasteiger partial charge in [-0.05, 0) is 51.1 Å². The average molecular weight is 367 g/mol. The molecule has 1 heterocycles. The van der Waals surface area contributed by atoms with Crippen LogP contribution in [0.25, 0.3) is 0 Å². The van der Waals surface area contributed by atoms with E-state index >= 15 is 0 Å². The van der Waals surface area contributed by atoms with Crippen molar-refractivity contribution in [3.8, 4) is 11.5 Å². The van der Waals surface area contributed by atoms with E-state index in [9.17, 15) is 9.59 Å². The van der Waals surface area contributed by atoms with Gasteiger partial charge in [-0.3, -0.25) is 9.59 Å². The fraction of sp³-hybridized carbons (Fsp3) is 0.364. The number of hydrogen-bond acceptors (Lipinski definition) is 4. The van der Waals surface area contributed by atoms with Crippen LogP contribution in [0.1, 0.15) is 43.1 Å². The minimum atomic E-state index is -0.965. The molecule has 0 saturated heterocycles. The van der Waals surface area contributed by atoms with E-state index in [0.29, 0.717) is 36.6 Å². The Hall–Kier alpha value is -2.82. The summed E-state index contributed by atoms with van der Waals surface area (Å²) < 4.78 is 11.7. The van der Waals surface area contributed by atoms with Gasteiger partial charge in [0.05, 0.1) is 12.2 Å². The lowest BCUT2D eigenvalue weighted by Crippen LogP contribution is -2.53. The van der Waals surface area contributed by atoms with Gasteiger partial charge in [0, 0.05) is 12.0 Å². The number of Topliss-reactive ketones (excluding diaryl/α,β-unsaturated/α-hetero) is 1. The summed E-state index contributed by atoms with van der Waals surface area (Å²) >= 11 is 0. The van der Waals surface area contributed by atoms with E-state index in [4.69, 9.17) is 9.47 Å². The SMILES string of the molecule is CCC(=O)c1ccc2c(c1)N(CCOc1ccc(C)cc1)C(=O)C(C)(C)O2. The Kier molecular flexibility index (Phi) is 5.22. The van der Waals surface area contributed by atoms with Crippen molar-refractivity contribution in [1.82, 2.24) is 0 Å². The van der Waals surface area contributed by atoms with Crippen LogP contribution < -0.4 is 14.4 Å². The summed E-state index contributed by atoms with van der Waals surface area (Å²) in [7, 11) is 0. The average Bonchev–Trinajstić information content (AvgIpc) is 2.65. The van der Waals surface area contributed by atoms with Crippen molar-refractivity contribution in [2.24, 2.45) is 0 Å². The molecule has 0 spiro atoms. The Morgan fingerprint density at radius 1 is 1.15 bits per heavy atom. The summed E-state index contributed by atoms with van der Waals surface area (Å²) in [5, 5.41) is 0. The number of carbonyl (C=O) groups excluding carboxylic acids is 2. The molecule has 5 nitrogen and oxygen atoms in total. The number of amides is 1. The second-order valence-electron chi connectivity index (χ2n) is 7.19. The summed E-state index contributed by atoms with van der Waals surface area (Å²) in [5.41, 5.74) is 1.39. The molecule has 0 aromatic heterocycles. The van der Waals surface area contributed by atoms with E-state index in [-0.39, 0.29) is 11.7 Å². The van der Waals surface area contributed by atoms with Gasteiger partial charge < -0.3 is 14.4 Å². The van der Waals surface area contributed by atoms with Crippen LogP contribution in [0.15, 0.2) is 42.5 Å². The molecule has 0 radical (unpaired) electrons. The van der Waals surface area contributed by atoms with E-state index < -0.39 is 5.60 Å². The topological polar surface area (TPSA) is 55.8 Å². The zero-order chi connectivity index (χ0) is 19.6. The van der Waals surface area contributed by atoms with E-state index in [1.807, 2.05) is 38.1 Å². The monoisotopic (exact) mass is 367 g/mol. The number of benzene rings is 2. The highest BCUT2D eigenvalue weighted by Crippen LogP contribution is 2.38. The van der Waals surface area contributed by atoms with Crippen LogP contribution in [0.3, 0.4) is 0 Å². The molecule has 2 aromatic rings. The molecular formula is C22H25NO4. The first-order valence-electron chi connectivity index (χ1n) is 9.19. The number of nitrogens with zero attached hydrogens (tertiary/aromatic N) is 1. The summed E-state index contributed by atoms with van der Waals surface area (Å²) in [5.74, 6) is 1.24. The lowest BCUT2D eigenvalue weighted by molar-refractivity contribution is -0.132. The molecule has 1 amide bonds. The van der Waals surface area contributed by atoms with E-state index in [1.165, 1.54) is 0 Å². The summed E-state index contributed by atoms with van der Waals surface area (Å²) in [4.78, 5) is 26.6. The molecular weight excluding hydrogens is 342 g/mol. The zero-order valence-corrected chi connectivity index (χ0v) is 16.2. The van der Waals surface area contributed by atoms with Crippen molar-refractivity contribution in [3.05, 3.63) is 53.6 Å². The third-order valence-electron chi connectivity index (χ3n) is 4.62. The minimum Gasteiger partial charge on any atom is -0.492 e. The number of aryl methyl sites for hydroxylation is 1. The van der Waals surface area contributed by atoms with Crippen molar-refractivity contribution >= 4 is 17.4 Å². The third kappa shape index (κ3) is 3.97. The number of fused-ring (bicyclic) bond motifs is 1. The van der Waals surface area contributed by atoms with Crippen molar-refractivity contribution in [3.63, 3.8) is 0 Å². The second kappa shape index (κ2) is 7.43. The predicted molar refractivity (Wildman–Crippen MR) is 105 cm³/mol. The molecule has 0 N–H and O–H groups in total. The molecule has 5 heteroatoms. The molecule has 0 unspecified atom stereocenters. The first-order valence-corrected chi connectivity index (χ1v) is 9.19. The normalized spacial score (nSPS) is 15.1. The quantitative estimate of drug-likeness (QED) is 0.719. The fourth-order valence-electron chi connectivity index (χ4n) is 3.06. The van der Waals surface area contributed by atoms with Crippen LogP contribution in [-0.2, 0) is 4.79 Å². The van der Waals surface area contributed by atoms with Gasteiger partial charge in [-0.15, -0.1) is 0 Å². The molecule has 27 heavy (non-hydrogen) atoms. The number of ketones is 1. The first-order chi connectivity index (χ1) is 12.8. The van der Waals surface area contributed by atoms with Gasteiger partial charge in [0.2, 0.25) is 0 Å². The first kappa shape index (κ1) is 19.0. The maximum atomic E-state index is 12.9. The Morgan fingerprint density at radius 3 is 2.52 bits per heavy atom. The van der Waals surface area contributed by atoms with E-state index in [2.05, 4.69) is 0 Å². The van der Waals surface area contributed by atoms with E-state index in [1.54, 1.807) is 36.9 Å². The summed E-state index contributed by atoms with van der Waals surface area (Å²) in [6.45, 7) is 8.05. The zero-order valence-electron chi connectivity index (χ0n) is 16.2. The highest BCUT2D eigenvalue weighted by molar-refractivity contribution is 6.04. The van der Waals surface area contributed by atoms with E-state index in [0.717, 1.165) is 11.3 Å². The van der Waals surface area contributed by atoms with Gasteiger partial charge in [-0.1, -0.05) is 24.6 Å². The number of carbonyl (C=O) groups is 2. The Bertz CT molecular complexity index is 855. The molecule has 2 aromatic carbocycles. The number of ether oxygens (including phenoxy) is 2. The van der Waals surface area contributed by atoms with Crippen molar-refractivity contribution in [1.29, 1.82) is 0 Å². The number of rotatable bonds is 6. The number of hydrogen-bond donors (Lipinski definition) is 0. The summed E-state index contributed by atoms with van der Waals surface area (Å²) in [6, 6.07) is 13.0. The molecule has 0 bridgehead atoms. The maximum Gasteiger partial charge on any atom is 0.270 e. The maximum absolute atomic E-state index is 12.9. The van der Waals surface area contributed by atoms with Gasteiger partial charge in [0.1, 0.15) is 18.1 Å². The van der Waals surface area contributed by atoms with Gasteiger partial charge in [0.15, 0.2) is 11.4 Å². The van der Waals surface area contributed by atoms with Crippen LogP contribution in [-0.4, -0.2) is 30.4 Å². The molecule has 142 valence electrons. The van der Waals surface area contributed by atoms with Gasteiger partial charge >= 0.3 is 0 Å². The van der Waals surface area contributed by atoms with Crippen molar-refractivity contribution in [2.45, 2.75) is 39.7 Å². The highest BCUT2D eigenvalue weighted by atomic mass is 16.5. The Labute approximate surface area is 159 Å². The highest BCUT2D eigenvalue weighted by Gasteiger charge is 2.41. The smallest absolute Gasteiger partial charge is 0.270 e. The molecule has 1 aliphatic heterocycles. The van der Waals surface area contributed by atoms with Gasteiger partial charge in [-0.2, -0.15) is 0 Å². The molecule has 3 rings (SSSR count). The van der Waals surface area contributed by atoms with Gasteiger partial charge in [-0.25, -0.2) is 0 Å². The molecule has 0 saturated carbocycles.